The molecule has 2 atom stereocenters. The number of carboxylic acid groups (broad SMARTS) is 1. The molecule has 0 amide bonds. The zero-order chi connectivity index (χ0) is 23.0. The highest BCUT2D eigenvalue weighted by atomic mass is 19.4. The first-order valence-electron chi connectivity index (χ1n) is 8.59. The molecule has 1 heterocycles. The van der Waals surface area contributed by atoms with Crippen molar-refractivity contribution in [1.29, 1.82) is 0 Å². The van der Waals surface area contributed by atoms with Crippen molar-refractivity contribution >= 4 is 23.7 Å². The molecular formula is C19H19F3O8. The number of esters is 2. The predicted molar refractivity (Wildman–Crippen MR) is 92.0 cm³/mol. The van der Waals surface area contributed by atoms with Crippen molar-refractivity contribution in [3.8, 4) is 0 Å². The summed E-state index contributed by atoms with van der Waals surface area (Å²) in [5.41, 5.74) is -8.35. The molecule has 11 heteroatoms. The minimum absolute atomic E-state index is 0.590. The van der Waals surface area contributed by atoms with Gasteiger partial charge in [0.1, 0.15) is 12.0 Å². The van der Waals surface area contributed by atoms with E-state index >= 15 is 0 Å². The van der Waals surface area contributed by atoms with E-state index in [2.05, 4.69) is 4.74 Å². The summed E-state index contributed by atoms with van der Waals surface area (Å²) in [6, 6.07) is 5.91. The number of carbonyl (C=O) groups excluding carboxylic acids is 3. The number of hydrogen-bond acceptors (Lipinski definition) is 7. The fraction of sp³-hybridized carbons (Fsp3) is 0.474. The number of carbonyl (C=O) groups is 4. The molecule has 1 aliphatic heterocycles. The van der Waals surface area contributed by atoms with Crippen molar-refractivity contribution in [2.24, 2.45) is 5.41 Å². The molecule has 0 bridgehead atoms. The number of ether oxygens (including phenoxy) is 3. The van der Waals surface area contributed by atoms with Crippen LogP contribution in [0.3, 0.4) is 0 Å². The zero-order valence-corrected chi connectivity index (χ0v) is 16.2. The number of methoxy groups -OCH3 is 1. The van der Waals surface area contributed by atoms with E-state index in [0.29, 0.717) is 7.11 Å². The first kappa shape index (κ1) is 23.3. The van der Waals surface area contributed by atoms with E-state index in [9.17, 15) is 32.3 Å². The van der Waals surface area contributed by atoms with Crippen LogP contribution in [0.1, 0.15) is 25.8 Å². The van der Waals surface area contributed by atoms with Gasteiger partial charge >= 0.3 is 24.1 Å². The molecule has 1 aliphatic rings. The van der Waals surface area contributed by atoms with Crippen LogP contribution in [0.5, 0.6) is 0 Å². The van der Waals surface area contributed by atoms with Gasteiger partial charge in [0, 0.05) is 12.7 Å². The number of halogens is 3. The lowest BCUT2D eigenvalue weighted by atomic mass is 9.81. The van der Waals surface area contributed by atoms with Crippen LogP contribution in [-0.4, -0.2) is 54.3 Å². The summed E-state index contributed by atoms with van der Waals surface area (Å²) in [5.74, 6) is -5.63. The number of Topliss-reactive ketones (excluding diaryl/α,β-unsaturated/α-hetero) is 1. The van der Waals surface area contributed by atoms with E-state index in [-0.39, 0.29) is 0 Å². The number of benzene rings is 1. The fourth-order valence-electron chi connectivity index (χ4n) is 3.19. The second-order valence-corrected chi connectivity index (χ2v) is 7.23. The highest BCUT2D eigenvalue weighted by Crippen LogP contribution is 2.44. The molecule has 0 aliphatic carbocycles. The van der Waals surface area contributed by atoms with Crippen LogP contribution in [0.25, 0.3) is 0 Å². The van der Waals surface area contributed by atoms with E-state index in [4.69, 9.17) is 14.6 Å². The smallest absolute Gasteiger partial charge is 0.432 e. The molecule has 1 N–H and O–H groups in total. The molecule has 0 saturated carbocycles. The maximum atomic E-state index is 13.9. The molecule has 8 nitrogen and oxygen atoms in total. The van der Waals surface area contributed by atoms with Crippen LogP contribution in [0.2, 0.25) is 0 Å². The average molecular weight is 432 g/mol. The Kier molecular flexibility index (Phi) is 5.99. The van der Waals surface area contributed by atoms with Crippen molar-refractivity contribution in [2.45, 2.75) is 37.6 Å². The number of hydrogen-bond donors (Lipinski definition) is 1. The minimum Gasteiger partial charge on any atom is -0.481 e. The van der Waals surface area contributed by atoms with Gasteiger partial charge in [-0.05, 0) is 13.8 Å². The van der Waals surface area contributed by atoms with Crippen molar-refractivity contribution in [3.05, 3.63) is 35.9 Å². The van der Waals surface area contributed by atoms with Crippen LogP contribution < -0.4 is 0 Å². The fourth-order valence-corrected chi connectivity index (χ4v) is 3.19. The quantitative estimate of drug-likeness (QED) is 0.514. The van der Waals surface area contributed by atoms with Gasteiger partial charge in [0.25, 0.3) is 5.60 Å². The Morgan fingerprint density at radius 2 is 1.70 bits per heavy atom. The number of aliphatic carboxylic acids is 1. The molecule has 1 saturated heterocycles. The summed E-state index contributed by atoms with van der Waals surface area (Å²) in [4.78, 5) is 48.5. The molecule has 1 aromatic rings. The molecule has 0 spiro atoms. The van der Waals surface area contributed by atoms with Gasteiger partial charge < -0.3 is 19.3 Å². The van der Waals surface area contributed by atoms with Gasteiger partial charge in [-0.3, -0.25) is 14.4 Å². The molecule has 1 fully saturated rings. The van der Waals surface area contributed by atoms with Crippen molar-refractivity contribution < 1.29 is 51.7 Å². The summed E-state index contributed by atoms with van der Waals surface area (Å²) in [7, 11) is 0.651. The van der Waals surface area contributed by atoms with Gasteiger partial charge in [0.05, 0.1) is 6.42 Å². The molecule has 1 aromatic carbocycles. The largest absolute Gasteiger partial charge is 0.481 e. The summed E-state index contributed by atoms with van der Waals surface area (Å²) >= 11 is 0. The zero-order valence-electron chi connectivity index (χ0n) is 16.2. The average Bonchev–Trinajstić information content (AvgIpc) is 2.81. The predicted octanol–water partition coefficient (Wildman–Crippen LogP) is 2.00. The van der Waals surface area contributed by atoms with E-state index in [1.165, 1.54) is 32.0 Å². The van der Waals surface area contributed by atoms with Crippen LogP contribution in [0.4, 0.5) is 13.2 Å². The maximum absolute atomic E-state index is 13.9. The monoisotopic (exact) mass is 432 g/mol. The van der Waals surface area contributed by atoms with E-state index in [1.807, 2.05) is 0 Å². The number of ketones is 1. The molecular weight excluding hydrogens is 413 g/mol. The second kappa shape index (κ2) is 7.71. The van der Waals surface area contributed by atoms with Gasteiger partial charge in [0.15, 0.2) is 5.78 Å². The Hall–Kier alpha value is -2.95. The molecule has 30 heavy (non-hydrogen) atoms. The Labute approximate surface area is 168 Å². The van der Waals surface area contributed by atoms with Crippen LogP contribution in [0, 0.1) is 5.41 Å². The third-order valence-electron chi connectivity index (χ3n) is 4.83. The van der Waals surface area contributed by atoms with E-state index in [1.54, 1.807) is 0 Å². The van der Waals surface area contributed by atoms with Gasteiger partial charge in [-0.15, -0.1) is 0 Å². The molecule has 0 aromatic heterocycles. The number of rotatable bonds is 7. The van der Waals surface area contributed by atoms with Crippen molar-refractivity contribution in [1.82, 2.24) is 0 Å². The third-order valence-corrected chi connectivity index (χ3v) is 4.83. The van der Waals surface area contributed by atoms with Gasteiger partial charge in [0.2, 0.25) is 5.60 Å². The SMILES string of the molecule is CO[C@](C(=O)OC[C@]1(CC(=O)O)OC(=O)C(C)(C)C1=O)(c1ccccc1)C(F)(F)F. The summed E-state index contributed by atoms with van der Waals surface area (Å²) in [6.07, 6.45) is -6.36. The number of carboxylic acids is 1. The normalized spacial score (nSPS) is 22.9. The minimum atomic E-state index is -5.27. The summed E-state index contributed by atoms with van der Waals surface area (Å²) < 4.78 is 55.9. The molecule has 164 valence electrons. The number of alkyl halides is 3. The first-order chi connectivity index (χ1) is 13.7. The first-order valence-corrected chi connectivity index (χ1v) is 8.59. The van der Waals surface area contributed by atoms with Crippen LogP contribution >= 0.6 is 0 Å². The van der Waals surface area contributed by atoms with E-state index in [0.717, 1.165) is 12.1 Å². The standard InChI is InChI=1S/C19H19F3O8/c1-16(2)13(25)17(9-12(23)24,30-14(16)26)10-29-15(27)18(28-3,19(20,21)22)11-7-5-4-6-8-11/h4-8H,9-10H2,1-3H3,(H,23,24)/t17-,18-/m0/s1. The Bertz CT molecular complexity index is 864. The summed E-state index contributed by atoms with van der Waals surface area (Å²) in [6.45, 7) is 1.12. The maximum Gasteiger partial charge on any atom is 0.432 e. The number of cyclic esters (lactones) is 1. The van der Waals surface area contributed by atoms with Gasteiger partial charge in [-0.1, -0.05) is 30.3 Å². The Morgan fingerprint density at radius 3 is 2.10 bits per heavy atom. The molecule has 0 unspecified atom stereocenters. The van der Waals surface area contributed by atoms with Gasteiger partial charge in [-0.25, -0.2) is 4.79 Å². The third kappa shape index (κ3) is 3.64. The van der Waals surface area contributed by atoms with E-state index < -0.39 is 65.1 Å². The lowest BCUT2D eigenvalue weighted by Crippen LogP contribution is -2.54. The van der Waals surface area contributed by atoms with Crippen molar-refractivity contribution in [3.63, 3.8) is 0 Å². The van der Waals surface area contributed by atoms with Crippen LogP contribution in [-0.2, 0) is 39.0 Å². The van der Waals surface area contributed by atoms with Crippen LogP contribution in [0.15, 0.2) is 30.3 Å². The molecule has 2 rings (SSSR count). The summed E-state index contributed by atoms with van der Waals surface area (Å²) in [5, 5.41) is 9.10. The lowest BCUT2D eigenvalue weighted by molar-refractivity contribution is -0.277. The second-order valence-electron chi connectivity index (χ2n) is 7.23. The van der Waals surface area contributed by atoms with Crippen molar-refractivity contribution in [2.75, 3.05) is 13.7 Å². The topological polar surface area (TPSA) is 116 Å². The van der Waals surface area contributed by atoms with Gasteiger partial charge in [-0.2, -0.15) is 13.2 Å². The Balaban J connectivity index is 2.43. The highest BCUT2D eigenvalue weighted by molar-refractivity contribution is 6.13. The Morgan fingerprint density at radius 1 is 1.13 bits per heavy atom. The lowest BCUT2D eigenvalue weighted by Gasteiger charge is -2.33. The molecule has 0 radical (unpaired) electrons. The highest BCUT2D eigenvalue weighted by Gasteiger charge is 2.66.